The van der Waals surface area contributed by atoms with Crippen molar-refractivity contribution in [3.63, 3.8) is 0 Å². The predicted octanol–water partition coefficient (Wildman–Crippen LogP) is -5.62. The summed E-state index contributed by atoms with van der Waals surface area (Å²) in [5, 5.41) is 49.1. The van der Waals surface area contributed by atoms with Crippen LogP contribution in [0.3, 0.4) is 0 Å². The van der Waals surface area contributed by atoms with E-state index >= 15 is 0 Å². The Kier molecular flexibility index (Phi) is 9.40. The average molecular weight is 413 g/mol. The Morgan fingerprint density at radius 1 is 1.17 bits per heavy atom. The largest absolute Gasteiger partial charge is 1.00 e. The molecule has 24 heavy (non-hydrogen) atoms. The molecule has 7 nitrogen and oxygen atoms in total. The van der Waals surface area contributed by atoms with Gasteiger partial charge in [0.25, 0.3) is 0 Å². The minimum Gasteiger partial charge on any atom is 1.00 e. The van der Waals surface area contributed by atoms with E-state index in [9.17, 15) is 30.3 Å². The maximum Gasteiger partial charge on any atom is 1.00 e. The molecule has 6 atom stereocenters. The summed E-state index contributed by atoms with van der Waals surface area (Å²) in [5.74, 6) is -1.22. The van der Waals surface area contributed by atoms with Gasteiger partial charge in [0.15, 0.2) is 0 Å². The maximum atomic E-state index is 11.0. The van der Waals surface area contributed by atoms with Crippen LogP contribution in [0.15, 0.2) is 30.3 Å². The Morgan fingerprint density at radius 3 is 2.33 bits per heavy atom. The van der Waals surface area contributed by atoms with Crippen molar-refractivity contribution in [3.8, 4) is 0 Å². The molecule has 0 radical (unpaired) electrons. The molecule has 1 heterocycles. The fourth-order valence-corrected chi connectivity index (χ4v) is 5.34. The number of aliphatic hydroxyl groups is 4. The first-order chi connectivity index (χ1) is 10.9. The number of aliphatic carboxylic acids is 1. The quantitative estimate of drug-likeness (QED) is 0.342. The zero-order valence-electron chi connectivity index (χ0n) is 13.2. The number of carboxylic acids is 1. The summed E-state index contributed by atoms with van der Waals surface area (Å²) >= 11 is -0.560. The van der Waals surface area contributed by atoms with Crippen molar-refractivity contribution >= 4 is 20.9 Å². The minimum absolute atomic E-state index is 0. The molecule has 1 aliphatic heterocycles. The number of ether oxygens (including phenoxy) is 1. The van der Waals surface area contributed by atoms with Gasteiger partial charge in [-0.05, 0) is 0 Å². The molecule has 0 aromatic heterocycles. The first kappa shape index (κ1) is 22.1. The van der Waals surface area contributed by atoms with E-state index in [0.717, 1.165) is 5.56 Å². The van der Waals surface area contributed by atoms with E-state index in [1.807, 2.05) is 0 Å². The van der Waals surface area contributed by atoms with E-state index in [0.29, 0.717) is 0 Å². The zero-order chi connectivity index (χ0) is 17.0. The molecule has 0 bridgehead atoms. The van der Waals surface area contributed by atoms with Crippen molar-refractivity contribution in [2.45, 2.75) is 40.7 Å². The van der Waals surface area contributed by atoms with Crippen molar-refractivity contribution in [2.75, 3.05) is 6.61 Å². The van der Waals surface area contributed by atoms with Gasteiger partial charge >= 0.3 is 169 Å². The van der Waals surface area contributed by atoms with Gasteiger partial charge < -0.3 is 0 Å². The van der Waals surface area contributed by atoms with Crippen molar-refractivity contribution in [2.24, 2.45) is 0 Å². The summed E-state index contributed by atoms with van der Waals surface area (Å²) in [6.45, 7) is -0.506. The second kappa shape index (κ2) is 10.2. The average Bonchev–Trinajstić information content (AvgIpc) is 2.55. The normalized spacial score (nSPS) is 31.1. The molecule has 0 spiro atoms. The third-order valence-corrected chi connectivity index (χ3v) is 6.66. The molecule has 2 rings (SSSR count). The van der Waals surface area contributed by atoms with E-state index in [-0.39, 0.29) is 36.0 Å². The van der Waals surface area contributed by atoms with Crippen LogP contribution in [0, 0.1) is 0 Å². The standard InChI is InChI=1S/C15H20O7Se.Na/c16-7-9-12(19)13(20)14(21)15(22-9)23-10(6-11(17)18)8-4-2-1-3-5-8;/h1-5,9-10,12-16,19-21H,6-7H2,(H,17,18);/q;+1/p-1. The second-order valence-corrected chi connectivity index (χ2v) is 8.05. The third kappa shape index (κ3) is 5.50. The smallest absolute Gasteiger partial charge is 1.00 e. The number of carboxylic acid groups (broad SMARTS) is 1. The minimum atomic E-state index is -1.45. The van der Waals surface area contributed by atoms with Crippen molar-refractivity contribution < 1.29 is 64.6 Å². The first-order valence-electron chi connectivity index (χ1n) is 7.14. The maximum absolute atomic E-state index is 11.0. The van der Waals surface area contributed by atoms with Gasteiger partial charge in [-0.3, -0.25) is 0 Å². The fourth-order valence-electron chi connectivity index (χ4n) is 2.41. The molecule has 6 unspecified atom stereocenters. The molecule has 1 aromatic rings. The summed E-state index contributed by atoms with van der Waals surface area (Å²) in [7, 11) is 0. The second-order valence-electron chi connectivity index (χ2n) is 5.31. The molecule has 1 fully saturated rings. The Labute approximate surface area is 168 Å². The van der Waals surface area contributed by atoms with Crippen LogP contribution in [-0.4, -0.2) is 77.4 Å². The van der Waals surface area contributed by atoms with Gasteiger partial charge in [-0.1, -0.05) is 0 Å². The molecule has 0 aliphatic carbocycles. The van der Waals surface area contributed by atoms with E-state index in [1.54, 1.807) is 30.3 Å². The Balaban J connectivity index is 0.00000288. The fraction of sp³-hybridized carbons (Fsp3) is 0.533. The Bertz CT molecular complexity index is 516. The van der Waals surface area contributed by atoms with Gasteiger partial charge in [0.1, 0.15) is 0 Å². The number of aliphatic hydroxyl groups excluding tert-OH is 4. The summed E-state index contributed by atoms with van der Waals surface area (Å²) in [5.41, 5.74) is 0.772. The molecule has 0 saturated carbocycles. The van der Waals surface area contributed by atoms with Crippen molar-refractivity contribution in [1.29, 1.82) is 0 Å². The number of hydrogen-bond acceptors (Lipinski definition) is 7. The van der Waals surface area contributed by atoms with Crippen LogP contribution in [0.2, 0.25) is 0 Å². The summed E-state index contributed by atoms with van der Waals surface area (Å²) < 4.78 is 5.47. The van der Waals surface area contributed by atoms with Crippen LogP contribution in [-0.2, 0) is 9.53 Å². The van der Waals surface area contributed by atoms with Crippen LogP contribution in [0.5, 0.6) is 0 Å². The first-order valence-corrected chi connectivity index (χ1v) is 9.12. The van der Waals surface area contributed by atoms with Crippen LogP contribution in [0.4, 0.5) is 0 Å². The predicted molar refractivity (Wildman–Crippen MR) is 78.3 cm³/mol. The number of carbonyl (C=O) groups excluding carboxylic acids is 1. The van der Waals surface area contributed by atoms with Crippen LogP contribution in [0.25, 0.3) is 0 Å². The van der Waals surface area contributed by atoms with Gasteiger partial charge in [-0.2, -0.15) is 0 Å². The molecule has 128 valence electrons. The Hall–Kier alpha value is 0.00948. The van der Waals surface area contributed by atoms with Gasteiger partial charge in [0.2, 0.25) is 0 Å². The summed E-state index contributed by atoms with van der Waals surface area (Å²) in [4.78, 5) is 10.6. The number of rotatable bonds is 6. The van der Waals surface area contributed by atoms with Gasteiger partial charge in [0.05, 0.1) is 0 Å². The molecular formula is C15H19NaO7Se. The molecule has 1 aliphatic rings. The molecule has 9 heteroatoms. The monoisotopic (exact) mass is 414 g/mol. The van der Waals surface area contributed by atoms with E-state index < -0.39 is 61.8 Å². The number of carbonyl (C=O) groups is 1. The van der Waals surface area contributed by atoms with Crippen molar-refractivity contribution in [1.82, 2.24) is 0 Å². The molecule has 1 saturated heterocycles. The van der Waals surface area contributed by atoms with Gasteiger partial charge in [-0.15, -0.1) is 0 Å². The zero-order valence-corrected chi connectivity index (χ0v) is 16.9. The van der Waals surface area contributed by atoms with E-state index in [2.05, 4.69) is 0 Å². The number of benzene rings is 1. The van der Waals surface area contributed by atoms with Crippen molar-refractivity contribution in [3.05, 3.63) is 35.9 Å². The molecule has 1 aromatic carbocycles. The van der Waals surface area contributed by atoms with Crippen LogP contribution < -0.4 is 34.7 Å². The van der Waals surface area contributed by atoms with Crippen LogP contribution in [0.1, 0.15) is 16.8 Å². The summed E-state index contributed by atoms with van der Waals surface area (Å²) in [6.07, 6.45) is -5.44. The molecule has 4 N–H and O–H groups in total. The molecular weight excluding hydrogens is 394 g/mol. The van der Waals surface area contributed by atoms with Gasteiger partial charge in [-0.25, -0.2) is 0 Å². The van der Waals surface area contributed by atoms with E-state index in [4.69, 9.17) is 4.74 Å². The summed E-state index contributed by atoms with van der Waals surface area (Å²) in [6, 6.07) is 8.92. The van der Waals surface area contributed by atoms with E-state index in [1.165, 1.54) is 0 Å². The molecule has 0 amide bonds. The van der Waals surface area contributed by atoms with Crippen LogP contribution >= 0.6 is 0 Å². The SMILES string of the molecule is O=C([O-])CC([Se]C1OC(CO)C(O)C(O)C1O)c1ccccc1.[Na+]. The number of hydrogen-bond donors (Lipinski definition) is 4. The third-order valence-electron chi connectivity index (χ3n) is 3.67. The topological polar surface area (TPSA) is 130 Å². The van der Waals surface area contributed by atoms with Gasteiger partial charge in [0, 0.05) is 0 Å². The Morgan fingerprint density at radius 2 is 1.79 bits per heavy atom.